The summed E-state index contributed by atoms with van der Waals surface area (Å²) in [5.41, 5.74) is 4.85. The third-order valence-corrected chi connectivity index (χ3v) is 9.55. The fourth-order valence-electron chi connectivity index (χ4n) is 5.80. The van der Waals surface area contributed by atoms with E-state index in [2.05, 4.69) is 16.0 Å². The molecule has 2 saturated carbocycles. The topological polar surface area (TPSA) is 168 Å². The van der Waals surface area contributed by atoms with Gasteiger partial charge in [0, 0.05) is 23.9 Å². The number of benzene rings is 1. The van der Waals surface area contributed by atoms with Crippen molar-refractivity contribution in [3.63, 3.8) is 0 Å². The van der Waals surface area contributed by atoms with Gasteiger partial charge < -0.3 is 26.6 Å². The van der Waals surface area contributed by atoms with Crippen LogP contribution in [0.15, 0.2) is 30.3 Å². The highest BCUT2D eigenvalue weighted by atomic mass is 35.5. The van der Waals surface area contributed by atoms with E-state index >= 15 is 0 Å². The molecule has 1 unspecified atom stereocenters. The van der Waals surface area contributed by atoms with Crippen molar-refractivity contribution in [2.45, 2.75) is 76.0 Å². The van der Waals surface area contributed by atoms with Crippen molar-refractivity contribution >= 4 is 58.5 Å². The van der Waals surface area contributed by atoms with Gasteiger partial charge in [-0.2, -0.15) is 0 Å². The Labute approximate surface area is 260 Å². The molecule has 43 heavy (non-hydrogen) atoms. The van der Waals surface area contributed by atoms with Gasteiger partial charge in [0.25, 0.3) is 5.91 Å². The smallest absolute Gasteiger partial charge is 0.316 e. The molecule has 0 aromatic heterocycles. The number of hydrogen-bond acceptors (Lipinski definition) is 6. The number of carbonyl (C=O) groups excluding carboxylic acids is 6. The quantitative estimate of drug-likeness (QED) is 0.165. The van der Waals surface area contributed by atoms with Crippen molar-refractivity contribution in [2.24, 2.45) is 34.8 Å². The molecule has 4 rings (SSSR count). The van der Waals surface area contributed by atoms with Crippen molar-refractivity contribution in [2.75, 3.05) is 6.54 Å². The van der Waals surface area contributed by atoms with Crippen molar-refractivity contribution in [3.05, 3.63) is 35.9 Å². The number of nitrogens with two attached hydrogens (primary N) is 1. The van der Waals surface area contributed by atoms with Crippen LogP contribution in [-0.2, 0) is 19.2 Å². The first-order chi connectivity index (χ1) is 20.0. The second-order valence-corrected chi connectivity index (χ2v) is 14.6. The number of carbonyl (C=O) groups is 6. The van der Waals surface area contributed by atoms with Gasteiger partial charge in [0.1, 0.15) is 22.5 Å². The van der Waals surface area contributed by atoms with Crippen LogP contribution in [0.3, 0.4) is 0 Å². The van der Waals surface area contributed by atoms with E-state index in [0.717, 1.165) is 0 Å². The Morgan fingerprint density at radius 2 is 1.58 bits per heavy atom. The van der Waals surface area contributed by atoms with Crippen molar-refractivity contribution in [1.82, 2.24) is 20.9 Å². The number of fused-ring (bicyclic) bond motifs is 1. The van der Waals surface area contributed by atoms with E-state index in [1.165, 1.54) is 4.90 Å². The summed E-state index contributed by atoms with van der Waals surface area (Å²) in [7, 11) is 0. The molecule has 5 N–H and O–H groups in total. The number of Topliss-reactive ketones (excluding diaryl/α,β-unsaturated/α-hetero) is 2. The van der Waals surface area contributed by atoms with E-state index in [4.69, 9.17) is 28.9 Å². The van der Waals surface area contributed by atoms with Crippen molar-refractivity contribution in [3.8, 4) is 0 Å². The average molecular weight is 637 g/mol. The van der Waals surface area contributed by atoms with E-state index in [1.54, 1.807) is 65.0 Å². The lowest BCUT2D eigenvalue weighted by Crippen LogP contribution is -2.62. The molecule has 234 valence electrons. The molecule has 0 bridgehead atoms. The summed E-state index contributed by atoms with van der Waals surface area (Å²) in [6.07, 6.45) is 1.29. The fraction of sp³-hybridized carbons (Fsp3) is 0.600. The maximum atomic E-state index is 14.1. The number of ketones is 2. The van der Waals surface area contributed by atoms with Gasteiger partial charge in [-0.1, -0.05) is 65.0 Å². The Morgan fingerprint density at radius 3 is 2.09 bits per heavy atom. The van der Waals surface area contributed by atoms with Gasteiger partial charge >= 0.3 is 6.03 Å². The van der Waals surface area contributed by atoms with Crippen LogP contribution in [0.1, 0.15) is 57.8 Å². The molecule has 0 spiro atoms. The average Bonchev–Trinajstić information content (AvgIpc) is 3.80. The number of amides is 5. The highest BCUT2D eigenvalue weighted by Gasteiger charge is 2.74. The summed E-state index contributed by atoms with van der Waals surface area (Å²) in [5, 5.41) is 8.08. The van der Waals surface area contributed by atoms with Crippen LogP contribution in [0.5, 0.6) is 0 Å². The minimum absolute atomic E-state index is 0.0590. The third kappa shape index (κ3) is 6.82. The minimum atomic E-state index is -1.24. The molecule has 13 heteroatoms. The molecule has 1 saturated heterocycles. The summed E-state index contributed by atoms with van der Waals surface area (Å²) in [6, 6.07) is 3.69. The van der Waals surface area contributed by atoms with E-state index in [9.17, 15) is 28.8 Å². The van der Waals surface area contributed by atoms with Crippen molar-refractivity contribution < 1.29 is 28.8 Å². The second-order valence-electron chi connectivity index (χ2n) is 13.2. The fourth-order valence-corrected chi connectivity index (χ4v) is 6.62. The Kier molecular flexibility index (Phi) is 9.19. The number of nitrogens with zero attached hydrogens (tertiary/aromatic N) is 1. The maximum Gasteiger partial charge on any atom is 0.316 e. The number of nitrogens with one attached hydrogen (secondary N) is 3. The van der Waals surface area contributed by atoms with Crippen LogP contribution >= 0.6 is 23.2 Å². The molecule has 3 fully saturated rings. The Morgan fingerprint density at radius 1 is 0.977 bits per heavy atom. The predicted octanol–water partition coefficient (Wildman–Crippen LogP) is 2.19. The molecule has 1 aromatic carbocycles. The van der Waals surface area contributed by atoms with Gasteiger partial charge in [-0.3, -0.25) is 24.0 Å². The van der Waals surface area contributed by atoms with Crippen LogP contribution < -0.4 is 21.7 Å². The Hall–Kier alpha value is -3.18. The number of urea groups is 1. The standard InChI is InChI=1S/C30H39Cl2N5O6/c1-14(2)19(22(38)16-9-7-6-8-10-16)35-28(43)36-24(29(3,4)5)27(42)37-13-17-18(30(17,31)32)21(37)26(41)34-20(15-11-12-15)23(39)25(33)40/h6-10,14-15,17-21,24H,11-13H2,1-5H3,(H2,33,40)(H,34,41)(H2,35,36,43)/t17-,18-,19-,20?,21-,24+/m0/s1. The first kappa shape index (κ1) is 32.7. The van der Waals surface area contributed by atoms with Crippen LogP contribution in [0.4, 0.5) is 4.79 Å². The van der Waals surface area contributed by atoms with E-state index in [1.807, 2.05) is 0 Å². The molecule has 1 heterocycles. The first-order valence-electron chi connectivity index (χ1n) is 14.4. The number of primary amides is 1. The second kappa shape index (κ2) is 12.1. The lowest BCUT2D eigenvalue weighted by molar-refractivity contribution is -0.144. The van der Waals surface area contributed by atoms with E-state index in [-0.39, 0.29) is 24.2 Å². The number of halogens is 2. The number of likely N-dealkylation sites (tertiary alicyclic amines) is 1. The zero-order valence-electron chi connectivity index (χ0n) is 24.9. The zero-order chi connectivity index (χ0) is 32.0. The van der Waals surface area contributed by atoms with Gasteiger partial charge in [0.2, 0.25) is 17.6 Å². The van der Waals surface area contributed by atoms with Gasteiger partial charge in [-0.25, -0.2) is 4.79 Å². The molecule has 11 nitrogen and oxygen atoms in total. The van der Waals surface area contributed by atoms with Crippen LogP contribution in [0.25, 0.3) is 0 Å². The van der Waals surface area contributed by atoms with Gasteiger partial charge in [0.05, 0.1) is 6.04 Å². The SMILES string of the molecule is CC(C)[C@H](NC(=O)N[C@H](C(=O)N1C[C@H]2[C@@H]([C@H]1C(=O)NC(C(=O)C(N)=O)C1CC1)C2(Cl)Cl)C(C)(C)C)C(=O)c1ccccc1. The predicted molar refractivity (Wildman–Crippen MR) is 160 cm³/mol. The monoisotopic (exact) mass is 635 g/mol. The number of piperidine rings is 1. The molecule has 5 amide bonds. The maximum absolute atomic E-state index is 14.1. The lowest BCUT2D eigenvalue weighted by Gasteiger charge is -2.37. The van der Waals surface area contributed by atoms with Gasteiger partial charge in [0.15, 0.2) is 5.78 Å². The number of hydrogen-bond donors (Lipinski definition) is 4. The molecule has 2 aliphatic carbocycles. The lowest BCUT2D eigenvalue weighted by atomic mass is 9.85. The van der Waals surface area contributed by atoms with Gasteiger partial charge in [-0.15, -0.1) is 23.2 Å². The molecular weight excluding hydrogens is 597 g/mol. The van der Waals surface area contributed by atoms with Gasteiger partial charge in [-0.05, 0) is 30.1 Å². The number of alkyl halides is 2. The summed E-state index contributed by atoms with van der Waals surface area (Å²) < 4.78 is -1.24. The number of rotatable bonds is 11. The third-order valence-electron chi connectivity index (χ3n) is 8.48. The first-order valence-corrected chi connectivity index (χ1v) is 15.2. The molecule has 0 radical (unpaired) electrons. The Bertz CT molecular complexity index is 1310. The highest BCUT2D eigenvalue weighted by Crippen LogP contribution is 2.65. The van der Waals surface area contributed by atoms with Crippen LogP contribution in [0, 0.1) is 29.1 Å². The zero-order valence-corrected chi connectivity index (χ0v) is 26.4. The Balaban J connectivity index is 1.53. The largest absolute Gasteiger partial charge is 0.363 e. The summed E-state index contributed by atoms with van der Waals surface area (Å²) in [5.74, 6) is -5.00. The van der Waals surface area contributed by atoms with Crippen LogP contribution in [0.2, 0.25) is 0 Å². The molecule has 6 atom stereocenters. The summed E-state index contributed by atoms with van der Waals surface area (Å²) >= 11 is 12.9. The normalized spacial score (nSPS) is 24.3. The van der Waals surface area contributed by atoms with Crippen molar-refractivity contribution in [1.29, 1.82) is 0 Å². The molecule has 1 aromatic rings. The minimum Gasteiger partial charge on any atom is -0.363 e. The molecule has 1 aliphatic heterocycles. The van der Waals surface area contributed by atoms with E-state index < -0.39 is 75.3 Å². The summed E-state index contributed by atoms with van der Waals surface area (Å²) in [6.45, 7) is 8.96. The van der Waals surface area contributed by atoms with E-state index in [0.29, 0.717) is 18.4 Å². The van der Waals surface area contributed by atoms with Crippen LogP contribution in [-0.4, -0.2) is 75.3 Å². The molecular formula is C30H39Cl2N5O6. The highest BCUT2D eigenvalue weighted by molar-refractivity contribution is 6.51. The molecule has 3 aliphatic rings. The summed E-state index contributed by atoms with van der Waals surface area (Å²) in [4.78, 5) is 79.5.